The van der Waals surface area contributed by atoms with Crippen LogP contribution in [0.15, 0.2) is 0 Å². The molecule has 0 aliphatic rings. The summed E-state index contributed by atoms with van der Waals surface area (Å²) in [6.07, 6.45) is 9.94. The van der Waals surface area contributed by atoms with Crippen molar-refractivity contribution >= 4 is 7.82 Å². The van der Waals surface area contributed by atoms with Crippen molar-refractivity contribution in [1.29, 1.82) is 0 Å². The van der Waals surface area contributed by atoms with Gasteiger partial charge in [0.05, 0.1) is 6.61 Å². The topological polar surface area (TPSA) is 76.0 Å². The van der Waals surface area contributed by atoms with E-state index in [0.717, 1.165) is 38.9 Å². The second-order valence-electron chi connectivity index (χ2n) is 8.68. The molecule has 152 valence electrons. The molecule has 0 saturated carbocycles. The summed E-state index contributed by atoms with van der Waals surface area (Å²) in [5, 5.41) is 0. The molecule has 0 aliphatic heterocycles. The highest BCUT2D eigenvalue weighted by Crippen LogP contribution is 2.37. The Morgan fingerprint density at radius 2 is 1.24 bits per heavy atom. The van der Waals surface area contributed by atoms with Crippen molar-refractivity contribution in [2.75, 3.05) is 19.8 Å². The monoisotopic (exact) mass is 380 g/mol. The Kier molecular flexibility index (Phi) is 12.5. The number of phosphoric acid groups is 1. The van der Waals surface area contributed by atoms with Crippen LogP contribution < -0.4 is 0 Å². The molecule has 0 spiro atoms. The lowest BCUT2D eigenvalue weighted by Crippen LogP contribution is -2.14. The maximum atomic E-state index is 10.7. The molecule has 0 bridgehead atoms. The Bertz CT molecular complexity index is 376. The second kappa shape index (κ2) is 12.5. The van der Waals surface area contributed by atoms with E-state index in [9.17, 15) is 4.57 Å². The highest BCUT2D eigenvalue weighted by molar-refractivity contribution is 7.46. The van der Waals surface area contributed by atoms with Gasteiger partial charge in [0.15, 0.2) is 0 Å². The average Bonchev–Trinajstić information content (AvgIpc) is 2.43. The standard InChI is InChI=1S/C19H41O5P/c1-6-11-18(2,3)12-7-9-15-23-16-10-8-13-19(4,5)14-17-24-25(20,21)22/h6-17H2,1-5H3,(H2,20,21,22). The molecule has 0 heterocycles. The molecule has 0 radical (unpaired) electrons. The first-order chi connectivity index (χ1) is 11.5. The molecular formula is C19H41O5P. The largest absolute Gasteiger partial charge is 0.469 e. The third-order valence-electron chi connectivity index (χ3n) is 4.75. The molecule has 5 nitrogen and oxygen atoms in total. The van der Waals surface area contributed by atoms with Crippen LogP contribution >= 0.6 is 7.82 Å². The van der Waals surface area contributed by atoms with E-state index in [4.69, 9.17) is 14.5 Å². The molecule has 0 saturated heterocycles. The Morgan fingerprint density at radius 3 is 1.68 bits per heavy atom. The smallest absolute Gasteiger partial charge is 0.381 e. The normalized spacial score (nSPS) is 13.4. The molecule has 0 aliphatic carbocycles. The van der Waals surface area contributed by atoms with Crippen molar-refractivity contribution in [2.45, 2.75) is 92.4 Å². The van der Waals surface area contributed by atoms with Crippen LogP contribution in [0.1, 0.15) is 92.4 Å². The molecule has 25 heavy (non-hydrogen) atoms. The quantitative estimate of drug-likeness (QED) is 0.265. The van der Waals surface area contributed by atoms with E-state index in [2.05, 4.69) is 39.1 Å². The van der Waals surface area contributed by atoms with Gasteiger partial charge >= 0.3 is 7.82 Å². The van der Waals surface area contributed by atoms with Crippen LogP contribution in [0.2, 0.25) is 0 Å². The van der Waals surface area contributed by atoms with Crippen LogP contribution in [0, 0.1) is 10.8 Å². The predicted molar refractivity (Wildman–Crippen MR) is 104 cm³/mol. The van der Waals surface area contributed by atoms with Crippen molar-refractivity contribution in [3.05, 3.63) is 0 Å². The molecule has 0 aromatic carbocycles. The predicted octanol–water partition coefficient (Wildman–Crippen LogP) is 5.70. The van der Waals surface area contributed by atoms with Gasteiger partial charge in [0.25, 0.3) is 0 Å². The van der Waals surface area contributed by atoms with Gasteiger partial charge in [-0.25, -0.2) is 4.57 Å². The van der Waals surface area contributed by atoms with Gasteiger partial charge in [0, 0.05) is 13.2 Å². The minimum absolute atomic E-state index is 0.0278. The number of ether oxygens (including phenoxy) is 1. The number of rotatable bonds is 16. The Balaban J connectivity index is 3.55. The van der Waals surface area contributed by atoms with E-state index in [1.165, 1.54) is 25.7 Å². The van der Waals surface area contributed by atoms with E-state index < -0.39 is 7.82 Å². The molecule has 2 N–H and O–H groups in total. The lowest BCUT2D eigenvalue weighted by Gasteiger charge is -2.24. The summed E-state index contributed by atoms with van der Waals surface area (Å²) in [5.74, 6) is 0. The van der Waals surface area contributed by atoms with Crippen LogP contribution in [0.3, 0.4) is 0 Å². The van der Waals surface area contributed by atoms with Gasteiger partial charge in [-0.2, -0.15) is 0 Å². The summed E-state index contributed by atoms with van der Waals surface area (Å²) in [7, 11) is -4.34. The van der Waals surface area contributed by atoms with Gasteiger partial charge in [-0.15, -0.1) is 0 Å². The second-order valence-corrected chi connectivity index (χ2v) is 9.92. The third-order valence-corrected chi connectivity index (χ3v) is 5.27. The first kappa shape index (κ1) is 25.1. The summed E-state index contributed by atoms with van der Waals surface area (Å²) in [4.78, 5) is 17.4. The van der Waals surface area contributed by atoms with Crippen molar-refractivity contribution in [2.24, 2.45) is 10.8 Å². The SMILES string of the molecule is CCCC(C)(C)CCCCOCCCCC(C)(C)CCOP(=O)(O)O. The Labute approximate surface area is 155 Å². The lowest BCUT2D eigenvalue weighted by atomic mass is 9.83. The van der Waals surface area contributed by atoms with E-state index >= 15 is 0 Å². The maximum absolute atomic E-state index is 10.7. The highest BCUT2D eigenvalue weighted by Gasteiger charge is 2.20. The van der Waals surface area contributed by atoms with E-state index in [1.54, 1.807) is 0 Å². The molecule has 0 aromatic heterocycles. The van der Waals surface area contributed by atoms with Gasteiger partial charge in [-0.05, 0) is 49.4 Å². The Morgan fingerprint density at radius 1 is 0.760 bits per heavy atom. The van der Waals surface area contributed by atoms with Crippen molar-refractivity contribution in [3.8, 4) is 0 Å². The van der Waals surface area contributed by atoms with Crippen LogP contribution in [-0.2, 0) is 13.8 Å². The lowest BCUT2D eigenvalue weighted by molar-refractivity contribution is 0.117. The zero-order chi connectivity index (χ0) is 19.4. The van der Waals surface area contributed by atoms with Gasteiger partial charge < -0.3 is 14.5 Å². The fourth-order valence-electron chi connectivity index (χ4n) is 3.09. The maximum Gasteiger partial charge on any atom is 0.469 e. The van der Waals surface area contributed by atoms with Gasteiger partial charge in [0.2, 0.25) is 0 Å². The molecule has 0 amide bonds. The summed E-state index contributed by atoms with van der Waals surface area (Å²) in [5.41, 5.74) is 0.490. The van der Waals surface area contributed by atoms with E-state index in [1.807, 2.05) is 0 Å². The first-order valence-corrected chi connectivity index (χ1v) is 11.3. The summed E-state index contributed by atoms with van der Waals surface area (Å²) in [6, 6.07) is 0. The van der Waals surface area contributed by atoms with Crippen LogP contribution in [-0.4, -0.2) is 29.6 Å². The summed E-state index contributed by atoms with van der Waals surface area (Å²) < 4.78 is 20.9. The van der Waals surface area contributed by atoms with Crippen LogP contribution in [0.4, 0.5) is 0 Å². The summed E-state index contributed by atoms with van der Waals surface area (Å²) >= 11 is 0. The zero-order valence-corrected chi connectivity index (χ0v) is 17.9. The fourth-order valence-corrected chi connectivity index (χ4v) is 3.41. The molecule has 0 fully saturated rings. The number of hydrogen-bond donors (Lipinski definition) is 2. The number of phosphoric ester groups is 1. The van der Waals surface area contributed by atoms with E-state index in [0.29, 0.717) is 11.8 Å². The van der Waals surface area contributed by atoms with Gasteiger partial charge in [-0.1, -0.05) is 53.9 Å². The first-order valence-electron chi connectivity index (χ1n) is 9.75. The Hall–Kier alpha value is 0.0700. The van der Waals surface area contributed by atoms with Gasteiger partial charge in [-0.3, -0.25) is 4.52 Å². The zero-order valence-electron chi connectivity index (χ0n) is 17.1. The molecule has 0 atom stereocenters. The van der Waals surface area contributed by atoms with Gasteiger partial charge in [0.1, 0.15) is 0 Å². The average molecular weight is 381 g/mol. The number of hydrogen-bond acceptors (Lipinski definition) is 3. The molecular weight excluding hydrogens is 339 g/mol. The van der Waals surface area contributed by atoms with Crippen molar-refractivity contribution in [3.63, 3.8) is 0 Å². The van der Waals surface area contributed by atoms with E-state index in [-0.39, 0.29) is 12.0 Å². The molecule has 0 unspecified atom stereocenters. The number of unbranched alkanes of at least 4 members (excludes halogenated alkanes) is 2. The highest BCUT2D eigenvalue weighted by atomic mass is 31.2. The minimum atomic E-state index is -4.34. The van der Waals surface area contributed by atoms with Crippen molar-refractivity contribution in [1.82, 2.24) is 0 Å². The molecule has 6 heteroatoms. The minimum Gasteiger partial charge on any atom is -0.381 e. The van der Waals surface area contributed by atoms with Crippen molar-refractivity contribution < 1.29 is 23.6 Å². The molecule has 0 rings (SSSR count). The fraction of sp³-hybridized carbons (Fsp3) is 1.00. The summed E-state index contributed by atoms with van der Waals surface area (Å²) in [6.45, 7) is 12.9. The van der Waals surface area contributed by atoms with Crippen LogP contribution in [0.5, 0.6) is 0 Å². The molecule has 0 aromatic rings. The van der Waals surface area contributed by atoms with Crippen LogP contribution in [0.25, 0.3) is 0 Å². The third kappa shape index (κ3) is 17.3.